The zero-order valence-corrected chi connectivity index (χ0v) is 10.2. The molecule has 6 nitrogen and oxygen atoms in total. The first kappa shape index (κ1) is 12.5. The van der Waals surface area contributed by atoms with E-state index in [0.29, 0.717) is 30.5 Å². The van der Waals surface area contributed by atoms with E-state index in [1.807, 2.05) is 6.92 Å². The summed E-state index contributed by atoms with van der Waals surface area (Å²) in [6.45, 7) is 4.91. The Labute approximate surface area is 100 Å². The van der Waals surface area contributed by atoms with E-state index >= 15 is 0 Å². The molecule has 96 valence electrons. The van der Waals surface area contributed by atoms with Crippen molar-refractivity contribution >= 4 is 0 Å². The molecule has 0 aliphatic heterocycles. The molecule has 0 spiro atoms. The molecule has 1 heterocycles. The Hall–Kier alpha value is -0.980. The van der Waals surface area contributed by atoms with Crippen LogP contribution < -0.4 is 5.32 Å². The Morgan fingerprint density at radius 2 is 2.29 bits per heavy atom. The van der Waals surface area contributed by atoms with Crippen LogP contribution in [0.4, 0.5) is 0 Å². The minimum Gasteiger partial charge on any atom is -0.422 e. The maximum Gasteiger partial charge on any atom is 0.244 e. The quantitative estimate of drug-likeness (QED) is 0.570. The lowest BCUT2D eigenvalue weighted by Crippen LogP contribution is -2.41. The molecule has 2 N–H and O–H groups in total. The molecule has 0 aromatic carbocycles. The SMILES string of the molecule is CCOCN[C@H]1C[C@H](c2nnc([C@@H](C)O)o2)C1. The van der Waals surface area contributed by atoms with Crippen molar-refractivity contribution in [3.8, 4) is 0 Å². The number of nitrogens with zero attached hydrogens (tertiary/aromatic N) is 2. The summed E-state index contributed by atoms with van der Waals surface area (Å²) in [5, 5.41) is 20.3. The average molecular weight is 241 g/mol. The van der Waals surface area contributed by atoms with Gasteiger partial charge in [-0.1, -0.05) is 0 Å². The van der Waals surface area contributed by atoms with Gasteiger partial charge < -0.3 is 14.3 Å². The summed E-state index contributed by atoms with van der Waals surface area (Å²) in [7, 11) is 0. The molecule has 1 aromatic rings. The van der Waals surface area contributed by atoms with E-state index in [1.54, 1.807) is 6.92 Å². The maximum atomic E-state index is 9.28. The highest BCUT2D eigenvalue weighted by molar-refractivity contribution is 5.02. The Morgan fingerprint density at radius 3 is 2.88 bits per heavy atom. The van der Waals surface area contributed by atoms with Crippen LogP contribution in [0.5, 0.6) is 0 Å². The highest BCUT2D eigenvalue weighted by Gasteiger charge is 2.34. The van der Waals surface area contributed by atoms with Crippen LogP contribution in [0.2, 0.25) is 0 Å². The number of hydrogen-bond acceptors (Lipinski definition) is 6. The molecule has 1 aromatic heterocycles. The number of hydrogen-bond donors (Lipinski definition) is 2. The van der Waals surface area contributed by atoms with Crippen LogP contribution in [0.3, 0.4) is 0 Å². The molecule has 1 atom stereocenters. The van der Waals surface area contributed by atoms with Gasteiger partial charge in [-0.2, -0.15) is 0 Å². The second-order valence-electron chi connectivity index (χ2n) is 4.36. The van der Waals surface area contributed by atoms with Gasteiger partial charge in [0.1, 0.15) is 6.10 Å². The summed E-state index contributed by atoms with van der Waals surface area (Å²) in [5.74, 6) is 1.25. The van der Waals surface area contributed by atoms with Crippen molar-refractivity contribution in [2.24, 2.45) is 0 Å². The van der Waals surface area contributed by atoms with Crippen LogP contribution >= 0.6 is 0 Å². The van der Waals surface area contributed by atoms with Crippen molar-refractivity contribution in [1.29, 1.82) is 0 Å². The summed E-state index contributed by atoms with van der Waals surface area (Å²) in [6.07, 6.45) is 1.27. The van der Waals surface area contributed by atoms with Crippen LogP contribution in [0.1, 0.15) is 50.5 Å². The van der Waals surface area contributed by atoms with Gasteiger partial charge >= 0.3 is 0 Å². The third-order valence-corrected chi connectivity index (χ3v) is 2.98. The highest BCUT2D eigenvalue weighted by Crippen LogP contribution is 2.36. The second kappa shape index (κ2) is 5.57. The van der Waals surface area contributed by atoms with Gasteiger partial charge in [-0.25, -0.2) is 0 Å². The molecule has 0 unspecified atom stereocenters. The van der Waals surface area contributed by atoms with Crippen LogP contribution in [-0.4, -0.2) is 34.7 Å². The molecule has 1 aliphatic carbocycles. The fourth-order valence-corrected chi connectivity index (χ4v) is 1.85. The monoisotopic (exact) mass is 241 g/mol. The van der Waals surface area contributed by atoms with Crippen molar-refractivity contribution in [1.82, 2.24) is 15.5 Å². The molecule has 0 saturated heterocycles. The van der Waals surface area contributed by atoms with Crippen molar-refractivity contribution in [2.75, 3.05) is 13.3 Å². The number of ether oxygens (including phenoxy) is 1. The zero-order chi connectivity index (χ0) is 12.3. The van der Waals surface area contributed by atoms with E-state index < -0.39 is 6.10 Å². The molecule has 17 heavy (non-hydrogen) atoms. The summed E-state index contributed by atoms with van der Waals surface area (Å²) in [4.78, 5) is 0. The Kier molecular flexibility index (Phi) is 4.09. The van der Waals surface area contributed by atoms with E-state index in [2.05, 4.69) is 15.5 Å². The summed E-state index contributed by atoms with van der Waals surface area (Å²) < 4.78 is 10.6. The third-order valence-electron chi connectivity index (χ3n) is 2.98. The minimum atomic E-state index is -0.691. The molecule has 1 saturated carbocycles. The summed E-state index contributed by atoms with van der Waals surface area (Å²) in [5.41, 5.74) is 0. The van der Waals surface area contributed by atoms with Crippen LogP contribution in [0.25, 0.3) is 0 Å². The molecule has 0 bridgehead atoms. The first-order chi connectivity index (χ1) is 8.20. The van der Waals surface area contributed by atoms with Crippen molar-refractivity contribution in [2.45, 2.75) is 44.8 Å². The number of aromatic nitrogens is 2. The van der Waals surface area contributed by atoms with Crippen molar-refractivity contribution < 1.29 is 14.3 Å². The Morgan fingerprint density at radius 1 is 1.53 bits per heavy atom. The van der Waals surface area contributed by atoms with Gasteiger partial charge in [-0.15, -0.1) is 10.2 Å². The van der Waals surface area contributed by atoms with Crippen molar-refractivity contribution in [3.63, 3.8) is 0 Å². The lowest BCUT2D eigenvalue weighted by Gasteiger charge is -2.33. The van der Waals surface area contributed by atoms with E-state index in [9.17, 15) is 5.11 Å². The van der Waals surface area contributed by atoms with E-state index in [-0.39, 0.29) is 0 Å². The predicted molar refractivity (Wildman–Crippen MR) is 60.3 cm³/mol. The van der Waals surface area contributed by atoms with Gasteiger partial charge in [-0.3, -0.25) is 5.32 Å². The number of aliphatic hydroxyl groups excluding tert-OH is 1. The number of nitrogens with one attached hydrogen (secondary N) is 1. The lowest BCUT2D eigenvalue weighted by atomic mass is 9.80. The fourth-order valence-electron chi connectivity index (χ4n) is 1.85. The molecule has 1 aliphatic rings. The fraction of sp³-hybridized carbons (Fsp3) is 0.818. The van der Waals surface area contributed by atoms with Crippen LogP contribution in [0.15, 0.2) is 4.42 Å². The highest BCUT2D eigenvalue weighted by atomic mass is 16.5. The van der Waals surface area contributed by atoms with E-state index in [0.717, 1.165) is 19.4 Å². The third kappa shape index (κ3) is 3.02. The van der Waals surface area contributed by atoms with E-state index in [1.165, 1.54) is 0 Å². The summed E-state index contributed by atoms with van der Waals surface area (Å²) in [6, 6.07) is 0.466. The molecular formula is C11H19N3O3. The largest absolute Gasteiger partial charge is 0.422 e. The Bertz CT molecular complexity index is 347. The smallest absolute Gasteiger partial charge is 0.244 e. The first-order valence-corrected chi connectivity index (χ1v) is 6.03. The molecule has 6 heteroatoms. The zero-order valence-electron chi connectivity index (χ0n) is 10.2. The standard InChI is InChI=1S/C11H19N3O3/c1-3-16-6-12-9-4-8(5-9)11-14-13-10(17-11)7(2)15/h7-9,12,15H,3-6H2,1-2H3/t7-,8-,9-/m1/s1. The number of aliphatic hydroxyl groups is 1. The Balaban J connectivity index is 1.75. The molecular weight excluding hydrogens is 222 g/mol. The van der Waals surface area contributed by atoms with Gasteiger partial charge in [0.2, 0.25) is 11.8 Å². The molecule has 2 rings (SSSR count). The minimum absolute atomic E-state index is 0.297. The van der Waals surface area contributed by atoms with Crippen LogP contribution in [-0.2, 0) is 4.74 Å². The first-order valence-electron chi connectivity index (χ1n) is 6.03. The second-order valence-corrected chi connectivity index (χ2v) is 4.36. The molecule has 0 amide bonds. The predicted octanol–water partition coefficient (Wildman–Crippen LogP) is 0.952. The van der Waals surface area contributed by atoms with Gasteiger partial charge in [0, 0.05) is 18.6 Å². The van der Waals surface area contributed by atoms with Crippen molar-refractivity contribution in [3.05, 3.63) is 11.8 Å². The van der Waals surface area contributed by atoms with Gasteiger partial charge in [0.05, 0.1) is 6.73 Å². The normalized spacial score (nSPS) is 25.6. The average Bonchev–Trinajstić information content (AvgIpc) is 2.70. The number of rotatable bonds is 6. The van der Waals surface area contributed by atoms with Gasteiger partial charge in [-0.05, 0) is 26.7 Å². The topological polar surface area (TPSA) is 80.4 Å². The molecule has 1 fully saturated rings. The van der Waals surface area contributed by atoms with Crippen LogP contribution in [0, 0.1) is 0 Å². The van der Waals surface area contributed by atoms with Gasteiger partial charge in [0.15, 0.2) is 0 Å². The summed E-state index contributed by atoms with van der Waals surface area (Å²) >= 11 is 0. The van der Waals surface area contributed by atoms with Gasteiger partial charge in [0.25, 0.3) is 0 Å². The lowest BCUT2D eigenvalue weighted by molar-refractivity contribution is 0.0992. The maximum absolute atomic E-state index is 9.28. The van der Waals surface area contributed by atoms with E-state index in [4.69, 9.17) is 9.15 Å². The molecule has 0 radical (unpaired) electrons.